The quantitative estimate of drug-likeness (QED) is 0.418. The van der Waals surface area contributed by atoms with Crippen molar-refractivity contribution in [1.82, 2.24) is 0 Å². The standard InChI is InChI=1S/C9HF17O2.Na/c10-2(11,1(27)28)3(12,13)4(14,15)5(16,17)6(18,19)7(20,21)8(22,23)9(24,25)26;/h(H,27,28);. The van der Waals surface area contributed by atoms with Gasteiger partial charge < -0.3 is 5.11 Å². The van der Waals surface area contributed by atoms with Gasteiger partial charge in [-0.25, -0.2) is 4.79 Å². The molecule has 0 atom stereocenters. The molecule has 29 heavy (non-hydrogen) atoms. The smallest absolute Gasteiger partial charge is 0.460 e. The van der Waals surface area contributed by atoms with Crippen LogP contribution in [0.15, 0.2) is 0 Å². The summed E-state index contributed by atoms with van der Waals surface area (Å²) in [7, 11) is 0. The van der Waals surface area contributed by atoms with Crippen molar-refractivity contribution < 1.29 is 84.5 Å². The molecule has 0 amide bonds. The molecule has 0 spiro atoms. The summed E-state index contributed by atoms with van der Waals surface area (Å²) in [5.74, 6) is -62.9. The molecule has 0 aliphatic carbocycles. The first-order valence-corrected chi connectivity index (χ1v) is 5.64. The van der Waals surface area contributed by atoms with E-state index in [1.165, 1.54) is 0 Å². The van der Waals surface area contributed by atoms with Crippen LogP contribution in [0.1, 0.15) is 0 Å². The van der Waals surface area contributed by atoms with E-state index in [1.807, 2.05) is 0 Å². The van der Waals surface area contributed by atoms with Crippen LogP contribution in [-0.2, 0) is 4.79 Å². The number of rotatable bonds is 7. The van der Waals surface area contributed by atoms with Crippen molar-refractivity contribution >= 4 is 35.5 Å². The van der Waals surface area contributed by atoms with E-state index in [4.69, 9.17) is 5.11 Å². The van der Waals surface area contributed by atoms with Gasteiger partial charge in [-0.2, -0.15) is 74.6 Å². The maximum absolute atomic E-state index is 13.0. The zero-order valence-electron chi connectivity index (χ0n) is 12.8. The zero-order chi connectivity index (χ0) is 23.6. The van der Waals surface area contributed by atoms with E-state index in [0.717, 1.165) is 0 Å². The monoisotopic (exact) mass is 487 g/mol. The molecule has 0 unspecified atom stereocenters. The largest absolute Gasteiger partial charge is 0.477 e. The minimum Gasteiger partial charge on any atom is -0.477 e. The van der Waals surface area contributed by atoms with Crippen LogP contribution in [0.5, 0.6) is 0 Å². The molecule has 1 radical (unpaired) electrons. The summed E-state index contributed by atoms with van der Waals surface area (Å²) in [5, 5.41) is 7.59. The van der Waals surface area contributed by atoms with Gasteiger partial charge >= 0.3 is 53.6 Å². The normalized spacial score (nSPS) is 15.8. The van der Waals surface area contributed by atoms with E-state index in [1.54, 1.807) is 0 Å². The molecule has 0 aromatic carbocycles. The van der Waals surface area contributed by atoms with Crippen LogP contribution in [0.2, 0.25) is 0 Å². The molecule has 0 aromatic rings. The Morgan fingerprint density at radius 1 is 0.448 bits per heavy atom. The average molecular weight is 487 g/mol. The van der Waals surface area contributed by atoms with Gasteiger partial charge in [0, 0.05) is 29.6 Å². The molecule has 2 nitrogen and oxygen atoms in total. The van der Waals surface area contributed by atoms with Crippen LogP contribution >= 0.6 is 0 Å². The number of alkyl halides is 17. The molecule has 0 aromatic heterocycles. The molecule has 1 N–H and O–H groups in total. The zero-order valence-corrected chi connectivity index (χ0v) is 14.8. The number of hydrogen-bond donors (Lipinski definition) is 1. The summed E-state index contributed by atoms with van der Waals surface area (Å²) in [6.07, 6.45) is -7.83. The van der Waals surface area contributed by atoms with Gasteiger partial charge in [-0.3, -0.25) is 0 Å². The van der Waals surface area contributed by atoms with Crippen molar-refractivity contribution in [1.29, 1.82) is 0 Å². The fourth-order valence-corrected chi connectivity index (χ4v) is 1.30. The van der Waals surface area contributed by atoms with Gasteiger partial charge in [0.1, 0.15) is 0 Å². The van der Waals surface area contributed by atoms with Crippen LogP contribution in [0.25, 0.3) is 0 Å². The van der Waals surface area contributed by atoms with Gasteiger partial charge in [-0.05, 0) is 0 Å². The maximum Gasteiger partial charge on any atom is 0.460 e. The molecule has 0 heterocycles. The predicted molar refractivity (Wildman–Crippen MR) is 54.1 cm³/mol. The molecule has 0 saturated carbocycles. The fourth-order valence-electron chi connectivity index (χ4n) is 1.30. The third-order valence-electron chi connectivity index (χ3n) is 2.99. The first-order valence-electron chi connectivity index (χ1n) is 5.64. The molecule has 0 aliphatic rings. The number of halogens is 17. The van der Waals surface area contributed by atoms with Gasteiger partial charge in [0.25, 0.3) is 0 Å². The van der Waals surface area contributed by atoms with Crippen molar-refractivity contribution in [2.45, 2.75) is 47.6 Å². The average Bonchev–Trinajstić information content (AvgIpc) is 2.44. The van der Waals surface area contributed by atoms with Gasteiger partial charge in [0.2, 0.25) is 0 Å². The third kappa shape index (κ3) is 3.74. The second kappa shape index (κ2) is 7.45. The van der Waals surface area contributed by atoms with Crippen LogP contribution in [0.3, 0.4) is 0 Å². The molecular formula is C9HF17NaO2. The number of carbonyl (C=O) groups is 1. The van der Waals surface area contributed by atoms with E-state index < -0.39 is 53.6 Å². The Morgan fingerprint density at radius 2 is 0.655 bits per heavy atom. The maximum atomic E-state index is 13.0. The molecule has 0 rings (SSSR count). The number of carboxylic acid groups (broad SMARTS) is 1. The Bertz CT molecular complexity index is 621. The van der Waals surface area contributed by atoms with Crippen LogP contribution in [0, 0.1) is 0 Å². The Hall–Kier alpha value is -0.720. The second-order valence-corrected chi connectivity index (χ2v) is 4.82. The van der Waals surface area contributed by atoms with Crippen molar-refractivity contribution in [2.24, 2.45) is 0 Å². The van der Waals surface area contributed by atoms with E-state index in [0.29, 0.717) is 0 Å². The van der Waals surface area contributed by atoms with Crippen LogP contribution < -0.4 is 0 Å². The van der Waals surface area contributed by atoms with Crippen LogP contribution in [-0.4, -0.2) is 88.3 Å². The van der Waals surface area contributed by atoms with E-state index in [2.05, 4.69) is 0 Å². The number of carboxylic acids is 1. The van der Waals surface area contributed by atoms with Crippen molar-refractivity contribution in [3.8, 4) is 0 Å². The molecule has 0 saturated heterocycles. The van der Waals surface area contributed by atoms with Crippen molar-refractivity contribution in [2.75, 3.05) is 0 Å². The third-order valence-corrected chi connectivity index (χ3v) is 2.99. The molecule has 0 fully saturated rings. The Balaban J connectivity index is 0. The van der Waals surface area contributed by atoms with Gasteiger partial charge in [-0.1, -0.05) is 0 Å². The van der Waals surface area contributed by atoms with E-state index in [-0.39, 0.29) is 29.6 Å². The first kappa shape index (κ1) is 30.5. The summed E-state index contributed by atoms with van der Waals surface area (Å²) in [5.41, 5.74) is 0. The number of aliphatic carboxylic acids is 1. The predicted octanol–water partition coefficient (Wildman–Crippen LogP) is 4.70. The molecular weight excluding hydrogens is 486 g/mol. The summed E-state index contributed by atoms with van der Waals surface area (Å²) < 4.78 is 214. The Morgan fingerprint density at radius 3 is 0.862 bits per heavy atom. The topological polar surface area (TPSA) is 37.3 Å². The molecule has 0 bridgehead atoms. The molecule has 0 aliphatic heterocycles. The SMILES string of the molecule is O=C(O)C(F)(F)C(F)(F)C(F)(F)C(F)(F)C(F)(F)C(F)(F)C(F)(F)C(F)(F)F.[Na]. The van der Waals surface area contributed by atoms with Gasteiger partial charge in [-0.15, -0.1) is 0 Å². The van der Waals surface area contributed by atoms with Crippen molar-refractivity contribution in [3.05, 3.63) is 0 Å². The van der Waals surface area contributed by atoms with Gasteiger partial charge in [0.05, 0.1) is 0 Å². The summed E-state index contributed by atoms with van der Waals surface area (Å²) in [6.45, 7) is 0. The molecule has 169 valence electrons. The summed E-state index contributed by atoms with van der Waals surface area (Å²) >= 11 is 0. The Kier molecular flexibility index (Phi) is 7.83. The van der Waals surface area contributed by atoms with Crippen LogP contribution in [0.4, 0.5) is 74.6 Å². The number of hydrogen-bond acceptors (Lipinski definition) is 1. The van der Waals surface area contributed by atoms with Crippen molar-refractivity contribution in [3.63, 3.8) is 0 Å². The first-order chi connectivity index (χ1) is 11.7. The minimum atomic E-state index is -8.76. The Labute approximate surface area is 168 Å². The summed E-state index contributed by atoms with van der Waals surface area (Å²) in [6, 6.07) is 0. The van der Waals surface area contributed by atoms with E-state index >= 15 is 0 Å². The summed E-state index contributed by atoms with van der Waals surface area (Å²) in [4.78, 5) is 9.77. The minimum absolute atomic E-state index is 0. The second-order valence-electron chi connectivity index (χ2n) is 4.82. The molecule has 20 heteroatoms. The van der Waals surface area contributed by atoms with Gasteiger partial charge in [0.15, 0.2) is 0 Å². The fraction of sp³-hybridized carbons (Fsp3) is 0.889. The van der Waals surface area contributed by atoms with E-state index in [9.17, 15) is 79.4 Å².